The molecule has 1 aliphatic rings. The Morgan fingerprint density at radius 3 is 2.37 bits per heavy atom. The van der Waals surface area contributed by atoms with Crippen LogP contribution < -0.4 is 20.7 Å². The van der Waals surface area contributed by atoms with Crippen LogP contribution in [0.3, 0.4) is 0 Å². The Bertz CT molecular complexity index is 744. The highest BCUT2D eigenvalue weighted by Crippen LogP contribution is 2.17. The van der Waals surface area contributed by atoms with Gasteiger partial charge in [0.1, 0.15) is 12.3 Å². The van der Waals surface area contributed by atoms with Crippen LogP contribution in [0.5, 0.6) is 5.75 Å². The molecule has 1 aliphatic carbocycles. The quantitative estimate of drug-likeness (QED) is 0.553. The lowest BCUT2D eigenvalue weighted by Crippen LogP contribution is -2.48. The van der Waals surface area contributed by atoms with Gasteiger partial charge in [0.15, 0.2) is 6.10 Å². The molecule has 164 valence electrons. The van der Waals surface area contributed by atoms with Gasteiger partial charge in [-0.2, -0.15) is 0 Å². The molecule has 3 N–H and O–H groups in total. The van der Waals surface area contributed by atoms with Crippen LogP contribution in [0.25, 0.3) is 0 Å². The van der Waals surface area contributed by atoms with Gasteiger partial charge in [0, 0.05) is 11.6 Å². The number of esters is 1. The van der Waals surface area contributed by atoms with Gasteiger partial charge in [0.25, 0.3) is 11.8 Å². The van der Waals surface area contributed by atoms with E-state index in [1.165, 1.54) is 6.92 Å². The summed E-state index contributed by atoms with van der Waals surface area (Å²) >= 11 is 0. The molecule has 0 bridgehead atoms. The van der Waals surface area contributed by atoms with Crippen LogP contribution in [-0.4, -0.2) is 49.1 Å². The predicted octanol–water partition coefficient (Wildman–Crippen LogP) is 1.91. The lowest BCUT2D eigenvalue weighted by atomic mass is 9.96. The van der Waals surface area contributed by atoms with Gasteiger partial charge in [0.2, 0.25) is 0 Å². The van der Waals surface area contributed by atoms with Crippen LogP contribution in [0.4, 0.5) is 4.79 Å². The summed E-state index contributed by atoms with van der Waals surface area (Å²) in [5, 5.41) is 7.35. The zero-order chi connectivity index (χ0) is 21.9. The molecule has 1 aromatic carbocycles. The van der Waals surface area contributed by atoms with Crippen molar-refractivity contribution >= 4 is 23.8 Å². The zero-order valence-corrected chi connectivity index (χ0v) is 17.4. The van der Waals surface area contributed by atoms with E-state index in [0.717, 1.165) is 32.1 Å². The number of amides is 4. The number of imide groups is 1. The summed E-state index contributed by atoms with van der Waals surface area (Å²) in [7, 11) is 0. The number of carbonyl (C=O) groups excluding carboxylic acids is 4. The highest BCUT2D eigenvalue weighted by Gasteiger charge is 2.22. The van der Waals surface area contributed by atoms with Crippen LogP contribution in [0.15, 0.2) is 24.3 Å². The van der Waals surface area contributed by atoms with Crippen LogP contribution in [0, 0.1) is 0 Å². The number of nitrogens with one attached hydrogen (secondary N) is 3. The van der Waals surface area contributed by atoms with Gasteiger partial charge in [-0.1, -0.05) is 19.3 Å². The fourth-order valence-corrected chi connectivity index (χ4v) is 3.10. The second-order valence-corrected chi connectivity index (χ2v) is 7.07. The van der Waals surface area contributed by atoms with Gasteiger partial charge in [-0.25, -0.2) is 4.79 Å². The Hall–Kier alpha value is -3.10. The first-order valence-electron chi connectivity index (χ1n) is 10.2. The molecule has 0 heterocycles. The average molecular weight is 419 g/mol. The lowest BCUT2D eigenvalue weighted by molar-refractivity contribution is -0.153. The fourth-order valence-electron chi connectivity index (χ4n) is 3.10. The minimum atomic E-state index is -1.17. The van der Waals surface area contributed by atoms with Gasteiger partial charge in [0.05, 0.1) is 6.61 Å². The summed E-state index contributed by atoms with van der Waals surface area (Å²) in [5.74, 6) is -1.33. The number of ether oxygens (including phenoxy) is 2. The van der Waals surface area contributed by atoms with E-state index in [4.69, 9.17) is 9.47 Å². The minimum absolute atomic E-state index is 0.0576. The monoisotopic (exact) mass is 419 g/mol. The molecule has 0 unspecified atom stereocenters. The molecule has 0 saturated heterocycles. The predicted molar refractivity (Wildman–Crippen MR) is 109 cm³/mol. The first-order valence-corrected chi connectivity index (χ1v) is 10.2. The summed E-state index contributed by atoms with van der Waals surface area (Å²) in [6, 6.07) is 5.92. The van der Waals surface area contributed by atoms with Crippen molar-refractivity contribution in [1.29, 1.82) is 0 Å². The molecule has 4 amide bonds. The van der Waals surface area contributed by atoms with E-state index in [9.17, 15) is 19.2 Å². The van der Waals surface area contributed by atoms with Crippen molar-refractivity contribution in [1.82, 2.24) is 16.0 Å². The van der Waals surface area contributed by atoms with Crippen molar-refractivity contribution < 1.29 is 28.7 Å². The topological polar surface area (TPSA) is 123 Å². The molecule has 0 aliphatic heterocycles. The van der Waals surface area contributed by atoms with Gasteiger partial charge < -0.3 is 20.1 Å². The SMILES string of the molecule is CCOc1ccc(C(=O)NCC(=O)O[C@@H](C)C(=O)NC(=O)NC2CCCCC2)cc1. The molecule has 0 aromatic heterocycles. The molecule has 0 radical (unpaired) electrons. The number of hydrogen-bond acceptors (Lipinski definition) is 6. The van der Waals surface area contributed by atoms with Crippen LogP contribution >= 0.6 is 0 Å². The van der Waals surface area contributed by atoms with Crippen molar-refractivity contribution in [3.8, 4) is 5.75 Å². The van der Waals surface area contributed by atoms with E-state index in [1.54, 1.807) is 24.3 Å². The number of carbonyl (C=O) groups is 4. The van der Waals surface area contributed by atoms with Crippen molar-refractivity contribution in [3.63, 3.8) is 0 Å². The average Bonchev–Trinajstić information content (AvgIpc) is 2.73. The molecule has 30 heavy (non-hydrogen) atoms. The largest absolute Gasteiger partial charge is 0.494 e. The van der Waals surface area contributed by atoms with Crippen molar-refractivity contribution in [2.45, 2.75) is 58.1 Å². The van der Waals surface area contributed by atoms with Crippen molar-refractivity contribution in [3.05, 3.63) is 29.8 Å². The number of rotatable bonds is 8. The Balaban J connectivity index is 1.70. The second-order valence-electron chi connectivity index (χ2n) is 7.07. The standard InChI is InChI=1S/C21H29N3O6/c1-3-29-17-11-9-15(10-12-17)20(27)22-13-18(25)30-14(2)19(26)24-21(28)23-16-7-5-4-6-8-16/h9-12,14,16H,3-8,13H2,1-2H3,(H,22,27)(H2,23,24,26,28)/t14-/m0/s1. The van der Waals surface area contributed by atoms with Gasteiger partial charge in [-0.05, 0) is 51.0 Å². The molecule has 1 atom stereocenters. The van der Waals surface area contributed by atoms with E-state index in [2.05, 4.69) is 16.0 Å². The molecule has 1 aromatic rings. The van der Waals surface area contributed by atoms with Crippen LogP contribution in [-0.2, 0) is 14.3 Å². The molecule has 1 saturated carbocycles. The Morgan fingerprint density at radius 1 is 1.07 bits per heavy atom. The number of urea groups is 1. The molecule has 2 rings (SSSR count). The van der Waals surface area contributed by atoms with Gasteiger partial charge in [-0.3, -0.25) is 19.7 Å². The van der Waals surface area contributed by atoms with Crippen LogP contribution in [0.1, 0.15) is 56.3 Å². The maximum absolute atomic E-state index is 12.1. The Kier molecular flexibility index (Phi) is 9.11. The minimum Gasteiger partial charge on any atom is -0.494 e. The zero-order valence-electron chi connectivity index (χ0n) is 17.4. The first-order chi connectivity index (χ1) is 14.4. The lowest BCUT2D eigenvalue weighted by Gasteiger charge is -2.23. The number of benzene rings is 1. The molecule has 1 fully saturated rings. The van der Waals surface area contributed by atoms with Crippen molar-refractivity contribution in [2.24, 2.45) is 0 Å². The smallest absolute Gasteiger partial charge is 0.326 e. The normalized spacial score (nSPS) is 14.9. The van der Waals surface area contributed by atoms with E-state index in [-0.39, 0.29) is 6.04 Å². The second kappa shape index (κ2) is 11.8. The maximum atomic E-state index is 12.1. The summed E-state index contributed by atoms with van der Waals surface area (Å²) in [6.45, 7) is 3.33. The fraction of sp³-hybridized carbons (Fsp3) is 0.524. The van der Waals surface area contributed by atoms with Crippen LogP contribution in [0.2, 0.25) is 0 Å². The summed E-state index contributed by atoms with van der Waals surface area (Å²) < 4.78 is 10.3. The van der Waals surface area contributed by atoms with E-state index in [0.29, 0.717) is 17.9 Å². The van der Waals surface area contributed by atoms with E-state index in [1.807, 2.05) is 6.92 Å². The molecular formula is C21H29N3O6. The summed E-state index contributed by atoms with van der Waals surface area (Å²) in [4.78, 5) is 47.9. The third-order valence-electron chi connectivity index (χ3n) is 4.68. The maximum Gasteiger partial charge on any atom is 0.326 e. The Morgan fingerprint density at radius 2 is 1.73 bits per heavy atom. The van der Waals surface area contributed by atoms with Gasteiger partial charge in [-0.15, -0.1) is 0 Å². The van der Waals surface area contributed by atoms with Gasteiger partial charge >= 0.3 is 12.0 Å². The van der Waals surface area contributed by atoms with E-state index >= 15 is 0 Å². The summed E-state index contributed by atoms with van der Waals surface area (Å²) in [5.41, 5.74) is 0.358. The third-order valence-corrected chi connectivity index (χ3v) is 4.68. The summed E-state index contributed by atoms with van der Waals surface area (Å²) in [6.07, 6.45) is 3.86. The van der Waals surface area contributed by atoms with Crippen molar-refractivity contribution in [2.75, 3.05) is 13.2 Å². The third kappa shape index (κ3) is 7.73. The highest BCUT2D eigenvalue weighted by molar-refractivity contribution is 5.98. The molecular weight excluding hydrogens is 390 g/mol. The number of hydrogen-bond donors (Lipinski definition) is 3. The molecule has 9 heteroatoms. The molecule has 9 nitrogen and oxygen atoms in total. The Labute approximate surface area is 175 Å². The van der Waals surface area contributed by atoms with E-state index < -0.39 is 36.5 Å². The first kappa shape index (κ1) is 23.2. The highest BCUT2D eigenvalue weighted by atomic mass is 16.5. The molecule has 0 spiro atoms.